The molecular weight excluding hydrogens is 402 g/mol. The Morgan fingerprint density at radius 2 is 1.80 bits per heavy atom. The van der Waals surface area contributed by atoms with Gasteiger partial charge in [-0.25, -0.2) is 9.97 Å². The maximum atomic E-state index is 11.2. The highest BCUT2D eigenvalue weighted by atomic mass is 35.5. The van der Waals surface area contributed by atoms with Crippen molar-refractivity contribution in [3.05, 3.63) is 46.7 Å². The van der Waals surface area contributed by atoms with E-state index in [0.29, 0.717) is 16.5 Å². The third-order valence-electron chi connectivity index (χ3n) is 5.79. The summed E-state index contributed by atoms with van der Waals surface area (Å²) in [5, 5.41) is 0.678. The summed E-state index contributed by atoms with van der Waals surface area (Å²) in [6.07, 6.45) is 8.67. The van der Waals surface area contributed by atoms with Gasteiger partial charge >= 0.3 is 0 Å². The van der Waals surface area contributed by atoms with Gasteiger partial charge in [0, 0.05) is 44.9 Å². The molecule has 2 saturated heterocycles. The molecule has 1 amide bonds. The smallest absolute Gasteiger partial charge is 0.251 e. The maximum absolute atomic E-state index is 11.2. The molecule has 2 N–H and O–H groups in total. The molecule has 2 aliphatic rings. The van der Waals surface area contributed by atoms with E-state index >= 15 is 0 Å². The molecule has 7 nitrogen and oxygen atoms in total. The summed E-state index contributed by atoms with van der Waals surface area (Å²) in [6.45, 7) is 4.86. The number of likely N-dealkylation sites (tertiary alicyclic amines) is 1. The SMILES string of the molecule is NC(=O)c1cnc(N2CCC(Oc3ccc(CN4CCCCC4)cc3Cl)CC2)nc1. The van der Waals surface area contributed by atoms with Crippen LogP contribution in [0.4, 0.5) is 5.95 Å². The summed E-state index contributed by atoms with van der Waals surface area (Å²) < 4.78 is 6.19. The van der Waals surface area contributed by atoms with Crippen molar-refractivity contribution in [2.75, 3.05) is 31.1 Å². The molecule has 0 aliphatic carbocycles. The van der Waals surface area contributed by atoms with Crippen LogP contribution < -0.4 is 15.4 Å². The molecule has 4 rings (SSSR count). The second-order valence-electron chi connectivity index (χ2n) is 8.04. The van der Waals surface area contributed by atoms with Crippen LogP contribution in [0.1, 0.15) is 48.0 Å². The average Bonchev–Trinajstić information content (AvgIpc) is 2.77. The Hall–Kier alpha value is -2.38. The van der Waals surface area contributed by atoms with Gasteiger partial charge in [-0.05, 0) is 43.6 Å². The van der Waals surface area contributed by atoms with E-state index in [1.165, 1.54) is 50.3 Å². The van der Waals surface area contributed by atoms with Gasteiger partial charge in [0.1, 0.15) is 11.9 Å². The van der Waals surface area contributed by atoms with Crippen LogP contribution in [0.5, 0.6) is 5.75 Å². The van der Waals surface area contributed by atoms with Crippen LogP contribution in [-0.4, -0.2) is 53.1 Å². The third kappa shape index (κ3) is 5.21. The van der Waals surface area contributed by atoms with Gasteiger partial charge in [0.25, 0.3) is 5.91 Å². The van der Waals surface area contributed by atoms with Gasteiger partial charge in [-0.1, -0.05) is 24.1 Å². The molecule has 160 valence electrons. The van der Waals surface area contributed by atoms with Crippen molar-refractivity contribution in [3.63, 3.8) is 0 Å². The predicted octanol–water partition coefficient (Wildman–Crippen LogP) is 3.26. The molecule has 1 aromatic heterocycles. The first kappa shape index (κ1) is 20.9. The van der Waals surface area contributed by atoms with Crippen molar-refractivity contribution in [3.8, 4) is 5.75 Å². The van der Waals surface area contributed by atoms with E-state index in [1.54, 1.807) is 0 Å². The second kappa shape index (κ2) is 9.62. The van der Waals surface area contributed by atoms with Gasteiger partial charge in [0.15, 0.2) is 0 Å². The molecule has 1 aromatic carbocycles. The molecule has 8 heteroatoms. The van der Waals surface area contributed by atoms with E-state index in [-0.39, 0.29) is 6.10 Å². The summed E-state index contributed by atoms with van der Waals surface area (Å²) in [4.78, 5) is 24.2. The third-order valence-corrected chi connectivity index (χ3v) is 6.09. The number of nitrogens with zero attached hydrogens (tertiary/aromatic N) is 4. The predicted molar refractivity (Wildman–Crippen MR) is 117 cm³/mol. The normalized spacial score (nSPS) is 18.4. The summed E-state index contributed by atoms with van der Waals surface area (Å²) in [5.41, 5.74) is 6.79. The highest BCUT2D eigenvalue weighted by molar-refractivity contribution is 6.32. The monoisotopic (exact) mass is 429 g/mol. The molecule has 3 heterocycles. The molecule has 30 heavy (non-hydrogen) atoms. The van der Waals surface area contributed by atoms with E-state index < -0.39 is 5.91 Å². The fraction of sp³-hybridized carbons (Fsp3) is 0.500. The van der Waals surface area contributed by atoms with Gasteiger partial charge in [0.2, 0.25) is 5.95 Å². The lowest BCUT2D eigenvalue weighted by Gasteiger charge is -2.32. The highest BCUT2D eigenvalue weighted by Crippen LogP contribution is 2.29. The molecule has 0 bridgehead atoms. The number of amides is 1. The van der Waals surface area contributed by atoms with Crippen molar-refractivity contribution in [1.29, 1.82) is 0 Å². The first-order valence-corrected chi connectivity index (χ1v) is 11.0. The average molecular weight is 430 g/mol. The van der Waals surface area contributed by atoms with Gasteiger partial charge in [0.05, 0.1) is 10.6 Å². The largest absolute Gasteiger partial charge is 0.489 e. The Kier molecular flexibility index (Phi) is 6.69. The second-order valence-corrected chi connectivity index (χ2v) is 8.45. The zero-order chi connectivity index (χ0) is 20.9. The number of aromatic nitrogens is 2. The van der Waals surface area contributed by atoms with Crippen LogP contribution in [0.2, 0.25) is 5.02 Å². The molecule has 0 unspecified atom stereocenters. The Morgan fingerprint density at radius 3 is 2.43 bits per heavy atom. The zero-order valence-corrected chi connectivity index (χ0v) is 17.9. The summed E-state index contributed by atoms with van der Waals surface area (Å²) >= 11 is 6.52. The van der Waals surface area contributed by atoms with Gasteiger partial charge in [-0.3, -0.25) is 9.69 Å². The van der Waals surface area contributed by atoms with Crippen LogP contribution in [0, 0.1) is 0 Å². The number of anilines is 1. The number of benzene rings is 1. The fourth-order valence-electron chi connectivity index (χ4n) is 4.08. The first-order chi connectivity index (χ1) is 14.6. The van der Waals surface area contributed by atoms with Crippen LogP contribution >= 0.6 is 11.6 Å². The molecule has 2 fully saturated rings. The number of nitrogens with two attached hydrogens (primary N) is 1. The summed E-state index contributed by atoms with van der Waals surface area (Å²) in [6, 6.07) is 6.16. The first-order valence-electron chi connectivity index (χ1n) is 10.6. The van der Waals surface area contributed by atoms with Crippen molar-refractivity contribution < 1.29 is 9.53 Å². The number of rotatable bonds is 6. The number of hydrogen-bond acceptors (Lipinski definition) is 6. The Balaban J connectivity index is 1.29. The lowest BCUT2D eigenvalue weighted by atomic mass is 10.1. The minimum absolute atomic E-state index is 0.108. The van der Waals surface area contributed by atoms with E-state index in [4.69, 9.17) is 22.1 Å². The van der Waals surface area contributed by atoms with Crippen molar-refractivity contribution in [2.24, 2.45) is 5.73 Å². The summed E-state index contributed by atoms with van der Waals surface area (Å²) in [7, 11) is 0. The molecule has 0 saturated carbocycles. The minimum Gasteiger partial charge on any atom is -0.489 e. The van der Waals surface area contributed by atoms with Crippen molar-refractivity contribution in [2.45, 2.75) is 44.8 Å². The van der Waals surface area contributed by atoms with Crippen LogP contribution in [0.15, 0.2) is 30.6 Å². The van der Waals surface area contributed by atoms with Crippen LogP contribution in [-0.2, 0) is 6.54 Å². The molecular formula is C22H28ClN5O2. The van der Waals surface area contributed by atoms with E-state index in [2.05, 4.69) is 25.8 Å². The number of piperidine rings is 2. The Bertz CT molecular complexity index is 862. The minimum atomic E-state index is -0.521. The van der Waals surface area contributed by atoms with E-state index in [0.717, 1.165) is 38.2 Å². The van der Waals surface area contributed by atoms with E-state index in [1.807, 2.05) is 12.1 Å². The van der Waals surface area contributed by atoms with Gasteiger partial charge in [-0.2, -0.15) is 0 Å². The van der Waals surface area contributed by atoms with Crippen LogP contribution in [0.25, 0.3) is 0 Å². The zero-order valence-electron chi connectivity index (χ0n) is 17.1. The number of primary amides is 1. The lowest BCUT2D eigenvalue weighted by molar-refractivity contribution is 0.0999. The lowest BCUT2D eigenvalue weighted by Crippen LogP contribution is -2.39. The molecule has 2 aromatic rings. The maximum Gasteiger partial charge on any atom is 0.251 e. The number of carbonyl (C=O) groups excluding carboxylic acids is 1. The number of ether oxygens (including phenoxy) is 1. The Morgan fingerprint density at radius 1 is 1.10 bits per heavy atom. The van der Waals surface area contributed by atoms with Crippen molar-refractivity contribution >= 4 is 23.5 Å². The topological polar surface area (TPSA) is 84.6 Å². The van der Waals surface area contributed by atoms with E-state index in [9.17, 15) is 4.79 Å². The fourth-order valence-corrected chi connectivity index (χ4v) is 4.33. The quantitative estimate of drug-likeness (QED) is 0.758. The molecule has 0 radical (unpaired) electrons. The molecule has 0 spiro atoms. The number of carbonyl (C=O) groups is 1. The molecule has 2 aliphatic heterocycles. The van der Waals surface area contributed by atoms with Gasteiger partial charge in [-0.15, -0.1) is 0 Å². The highest BCUT2D eigenvalue weighted by Gasteiger charge is 2.23. The molecule has 0 atom stereocenters. The van der Waals surface area contributed by atoms with Crippen molar-refractivity contribution in [1.82, 2.24) is 14.9 Å². The number of hydrogen-bond donors (Lipinski definition) is 1. The number of halogens is 1. The van der Waals surface area contributed by atoms with Gasteiger partial charge < -0.3 is 15.4 Å². The Labute approximate surface area is 182 Å². The summed E-state index contributed by atoms with van der Waals surface area (Å²) in [5.74, 6) is 0.839. The van der Waals surface area contributed by atoms with Crippen LogP contribution in [0.3, 0.4) is 0 Å². The standard InChI is InChI=1S/C22H28ClN5O2/c23-19-12-16(15-27-8-2-1-3-9-27)4-5-20(19)30-18-6-10-28(11-7-18)22-25-13-17(14-26-22)21(24)29/h4-5,12-14,18H,1-3,6-11,15H2,(H2,24,29).